The van der Waals surface area contributed by atoms with E-state index < -0.39 is 91.6 Å². The molecule has 3 heterocycles. The van der Waals surface area contributed by atoms with E-state index in [9.17, 15) is 44.7 Å². The van der Waals surface area contributed by atoms with E-state index in [4.69, 9.17) is 14.6 Å². The maximum Gasteiger partial charge on any atom is 0.330 e. The molecule has 1 aromatic rings. The van der Waals surface area contributed by atoms with Gasteiger partial charge in [0.1, 0.15) is 42.7 Å². The number of imide groups is 1. The quantitative estimate of drug-likeness (QED) is 0.184. The van der Waals surface area contributed by atoms with Crippen LogP contribution in [0.1, 0.15) is 6.23 Å². The molecule has 2 fully saturated rings. The highest BCUT2D eigenvalue weighted by Crippen LogP contribution is 2.27. The molecule has 17 nitrogen and oxygen atoms in total. The van der Waals surface area contributed by atoms with E-state index in [0.29, 0.717) is 0 Å². The third kappa shape index (κ3) is 5.42. The van der Waals surface area contributed by atoms with Crippen molar-refractivity contribution in [2.45, 2.75) is 55.2 Å². The Morgan fingerprint density at radius 3 is 2.26 bits per heavy atom. The van der Waals surface area contributed by atoms with Crippen LogP contribution in [0.5, 0.6) is 0 Å². The number of aromatic nitrogens is 2. The number of nitrogens with zero attached hydrogens (tertiary/aromatic N) is 1. The standard InChI is InChI=1S/C17H25N5O12/c23-4-6-9(26)10(27)11(28)13(33-6)20-16(31)21-15(30)18-3-5-8(25)12(29)14(34-5)22-2-1-7(24)19-17(22)32/h1-2,5-6,8-14,23,25-29H,3-4H2,(H,19,24,32)(H3,18,20,21,30,31)/t5-,6-,8-,9-,10+,11-,12-,13-,14-/m1/s1. The van der Waals surface area contributed by atoms with Crippen LogP contribution in [0.2, 0.25) is 0 Å². The number of hydrogen-bond acceptors (Lipinski definition) is 12. The molecule has 0 spiro atoms. The zero-order chi connectivity index (χ0) is 25.2. The Bertz CT molecular complexity index is 998. The van der Waals surface area contributed by atoms with Crippen molar-refractivity contribution in [1.82, 2.24) is 25.5 Å². The van der Waals surface area contributed by atoms with Gasteiger partial charge in [0.05, 0.1) is 6.61 Å². The van der Waals surface area contributed by atoms with E-state index in [2.05, 4.69) is 5.32 Å². The lowest BCUT2D eigenvalue weighted by Crippen LogP contribution is -2.64. The van der Waals surface area contributed by atoms with Gasteiger partial charge in [-0.3, -0.25) is 19.7 Å². The topological polar surface area (TPSA) is 265 Å². The predicted octanol–water partition coefficient (Wildman–Crippen LogP) is -6.04. The summed E-state index contributed by atoms with van der Waals surface area (Å²) >= 11 is 0. The summed E-state index contributed by atoms with van der Waals surface area (Å²) in [5.41, 5.74) is -1.56. The fraction of sp³-hybridized carbons (Fsp3) is 0.647. The Balaban J connectivity index is 1.51. The molecule has 0 saturated carbocycles. The maximum atomic E-state index is 12.0. The number of aromatic amines is 1. The summed E-state index contributed by atoms with van der Waals surface area (Å²) in [4.78, 5) is 49.0. The highest BCUT2D eigenvalue weighted by atomic mass is 16.6. The van der Waals surface area contributed by atoms with Crippen LogP contribution in [0.4, 0.5) is 9.59 Å². The van der Waals surface area contributed by atoms with Crippen molar-refractivity contribution in [2.24, 2.45) is 0 Å². The summed E-state index contributed by atoms with van der Waals surface area (Å²) < 4.78 is 11.3. The Hall–Kier alpha value is -2.90. The van der Waals surface area contributed by atoms with Gasteiger partial charge < -0.3 is 50.7 Å². The van der Waals surface area contributed by atoms with E-state index in [0.717, 1.165) is 16.8 Å². The molecular weight excluding hydrogens is 466 g/mol. The molecule has 17 heteroatoms. The zero-order valence-electron chi connectivity index (χ0n) is 17.3. The minimum atomic E-state index is -1.76. The zero-order valence-corrected chi connectivity index (χ0v) is 17.3. The number of H-pyrrole nitrogens is 1. The average molecular weight is 491 g/mol. The van der Waals surface area contributed by atoms with E-state index in [1.807, 2.05) is 15.6 Å². The second-order valence-electron chi connectivity index (χ2n) is 7.62. The largest absolute Gasteiger partial charge is 0.394 e. The third-order valence-corrected chi connectivity index (χ3v) is 5.32. The highest BCUT2D eigenvalue weighted by Gasteiger charge is 2.45. The molecule has 9 atom stereocenters. The highest BCUT2D eigenvalue weighted by molar-refractivity contribution is 5.93. The monoisotopic (exact) mass is 491 g/mol. The summed E-state index contributed by atoms with van der Waals surface area (Å²) in [5.74, 6) is 0. The average Bonchev–Trinajstić information content (AvgIpc) is 3.06. The Labute approximate surface area is 189 Å². The van der Waals surface area contributed by atoms with Gasteiger partial charge >= 0.3 is 17.8 Å². The van der Waals surface area contributed by atoms with E-state index in [1.54, 1.807) is 0 Å². The molecule has 34 heavy (non-hydrogen) atoms. The fourth-order valence-corrected chi connectivity index (χ4v) is 3.48. The van der Waals surface area contributed by atoms with Crippen molar-refractivity contribution in [3.05, 3.63) is 33.1 Å². The molecule has 190 valence electrons. The number of hydrogen-bond donors (Lipinski definition) is 10. The first kappa shape index (κ1) is 25.7. The number of rotatable bonds is 5. The number of ether oxygens (including phenoxy) is 2. The minimum Gasteiger partial charge on any atom is -0.394 e. The number of aliphatic hydroxyl groups excluding tert-OH is 6. The van der Waals surface area contributed by atoms with Crippen molar-refractivity contribution < 1.29 is 49.7 Å². The number of carbonyl (C=O) groups excluding carboxylic acids is 2. The van der Waals surface area contributed by atoms with Crippen LogP contribution in [0.25, 0.3) is 0 Å². The molecule has 0 unspecified atom stereocenters. The van der Waals surface area contributed by atoms with Crippen LogP contribution in [0.15, 0.2) is 21.9 Å². The van der Waals surface area contributed by atoms with Gasteiger partial charge in [-0.1, -0.05) is 0 Å². The molecule has 2 saturated heterocycles. The summed E-state index contributed by atoms with van der Waals surface area (Å²) in [7, 11) is 0. The van der Waals surface area contributed by atoms with Crippen LogP contribution >= 0.6 is 0 Å². The van der Waals surface area contributed by atoms with Crippen LogP contribution < -0.4 is 27.2 Å². The first-order valence-corrected chi connectivity index (χ1v) is 10.0. The lowest BCUT2D eigenvalue weighted by atomic mass is 9.98. The number of carbonyl (C=O) groups is 2. The van der Waals surface area contributed by atoms with Gasteiger partial charge in [-0.05, 0) is 0 Å². The number of amides is 4. The molecule has 10 N–H and O–H groups in total. The van der Waals surface area contributed by atoms with Crippen molar-refractivity contribution in [3.8, 4) is 0 Å². The lowest BCUT2D eigenvalue weighted by Gasteiger charge is -2.39. The lowest BCUT2D eigenvalue weighted by molar-refractivity contribution is -0.233. The van der Waals surface area contributed by atoms with Crippen molar-refractivity contribution in [2.75, 3.05) is 13.2 Å². The van der Waals surface area contributed by atoms with E-state index >= 15 is 0 Å². The molecule has 1 aromatic heterocycles. The molecular formula is C17H25N5O12. The summed E-state index contributed by atoms with van der Waals surface area (Å²) in [5, 5.41) is 64.8. The first-order chi connectivity index (χ1) is 16.0. The first-order valence-electron chi connectivity index (χ1n) is 10.0. The van der Waals surface area contributed by atoms with Gasteiger partial charge in [0.2, 0.25) is 0 Å². The molecule has 0 bridgehead atoms. The smallest absolute Gasteiger partial charge is 0.330 e. The van der Waals surface area contributed by atoms with Gasteiger partial charge in [0, 0.05) is 18.8 Å². The normalized spacial score (nSPS) is 35.5. The van der Waals surface area contributed by atoms with Gasteiger partial charge in [-0.2, -0.15) is 0 Å². The number of nitrogens with one attached hydrogen (secondary N) is 4. The van der Waals surface area contributed by atoms with E-state index in [1.165, 1.54) is 0 Å². The van der Waals surface area contributed by atoms with Crippen molar-refractivity contribution >= 4 is 12.1 Å². The van der Waals surface area contributed by atoms with Crippen molar-refractivity contribution in [1.29, 1.82) is 0 Å². The predicted molar refractivity (Wildman–Crippen MR) is 106 cm³/mol. The van der Waals surface area contributed by atoms with Crippen LogP contribution in [0.3, 0.4) is 0 Å². The van der Waals surface area contributed by atoms with Crippen LogP contribution in [-0.2, 0) is 9.47 Å². The minimum absolute atomic E-state index is 0.411. The second kappa shape index (κ2) is 10.6. The van der Waals surface area contributed by atoms with Gasteiger partial charge in [-0.15, -0.1) is 0 Å². The SMILES string of the molecule is O=C(NC[C@H]1O[C@@H](n2ccc(=O)[nH]c2=O)[C@H](O)[C@@H]1O)NC(=O)N[C@@H]1O[C@H](CO)[C@@H](O)[C@H](O)[C@H]1O. The van der Waals surface area contributed by atoms with E-state index in [-0.39, 0.29) is 0 Å². The molecule has 3 rings (SSSR count). The van der Waals surface area contributed by atoms with Crippen LogP contribution in [-0.4, -0.2) is 114 Å². The number of urea groups is 2. The molecule has 4 amide bonds. The molecule has 0 aliphatic carbocycles. The summed E-state index contributed by atoms with van der Waals surface area (Å²) in [6, 6.07) is -1.25. The van der Waals surface area contributed by atoms with Crippen molar-refractivity contribution in [3.63, 3.8) is 0 Å². The van der Waals surface area contributed by atoms with Gasteiger partial charge in [0.15, 0.2) is 12.5 Å². The molecule has 0 aromatic carbocycles. The third-order valence-electron chi connectivity index (χ3n) is 5.32. The molecule has 2 aliphatic heterocycles. The molecule has 0 radical (unpaired) electrons. The summed E-state index contributed by atoms with van der Waals surface area (Å²) in [6.45, 7) is -1.13. The Kier molecular flexibility index (Phi) is 8.00. The van der Waals surface area contributed by atoms with Gasteiger partial charge in [0.25, 0.3) is 5.56 Å². The maximum absolute atomic E-state index is 12.0. The molecule has 2 aliphatic rings. The van der Waals surface area contributed by atoms with Crippen LogP contribution in [0, 0.1) is 0 Å². The summed E-state index contributed by atoms with van der Waals surface area (Å²) in [6.07, 6.45) is -12.6. The second-order valence-corrected chi connectivity index (χ2v) is 7.62. The number of aliphatic hydroxyl groups is 6. The van der Waals surface area contributed by atoms with Gasteiger partial charge in [-0.25, -0.2) is 14.4 Å². The Morgan fingerprint density at radius 2 is 1.62 bits per heavy atom. The fourth-order valence-electron chi connectivity index (χ4n) is 3.48. The Morgan fingerprint density at radius 1 is 0.941 bits per heavy atom.